The second kappa shape index (κ2) is 11.6. The van der Waals surface area contributed by atoms with Gasteiger partial charge in [0.2, 0.25) is 0 Å². The second-order valence-corrected chi connectivity index (χ2v) is 13.4. The Hall–Kier alpha value is -6.43. The standard InChI is InChI=1S/C45H27N3OS/c1-2-10-28(11-3-1)29-20-24-31(25-21-29)43-46-44(48-45(47-43)37-16-9-18-39-41(37)36-13-4-6-17-38(36)49-39)32-26-22-30(23-27-32)33-14-8-15-35-34-12-5-7-19-40(34)50-42(33)35/h1-27H. The molecule has 5 heteroatoms. The molecule has 0 unspecified atom stereocenters. The van der Waals surface area contributed by atoms with Crippen LogP contribution in [-0.4, -0.2) is 15.0 Å². The van der Waals surface area contributed by atoms with E-state index in [1.807, 2.05) is 47.7 Å². The van der Waals surface area contributed by atoms with Gasteiger partial charge in [-0.1, -0.05) is 146 Å². The largest absolute Gasteiger partial charge is 0.456 e. The summed E-state index contributed by atoms with van der Waals surface area (Å²) in [5, 5.41) is 4.62. The highest BCUT2D eigenvalue weighted by Gasteiger charge is 2.18. The Morgan fingerprint density at radius 1 is 0.360 bits per heavy atom. The van der Waals surface area contributed by atoms with Crippen molar-refractivity contribution in [3.8, 4) is 56.4 Å². The maximum absolute atomic E-state index is 6.23. The summed E-state index contributed by atoms with van der Waals surface area (Å²) in [6.07, 6.45) is 0. The highest BCUT2D eigenvalue weighted by atomic mass is 32.1. The maximum atomic E-state index is 6.23. The van der Waals surface area contributed by atoms with Crippen molar-refractivity contribution in [3.05, 3.63) is 164 Å². The fourth-order valence-corrected chi connectivity index (χ4v) is 8.17. The van der Waals surface area contributed by atoms with Crippen LogP contribution < -0.4 is 0 Å². The topological polar surface area (TPSA) is 51.8 Å². The molecular formula is C45H27N3OS. The molecule has 4 nitrogen and oxygen atoms in total. The van der Waals surface area contributed by atoms with Crippen LogP contribution in [0.2, 0.25) is 0 Å². The lowest BCUT2D eigenvalue weighted by Gasteiger charge is -2.10. The molecule has 0 fully saturated rings. The summed E-state index contributed by atoms with van der Waals surface area (Å²) in [7, 11) is 0. The minimum Gasteiger partial charge on any atom is -0.456 e. The predicted molar refractivity (Wildman–Crippen MR) is 207 cm³/mol. The van der Waals surface area contributed by atoms with Crippen LogP contribution in [0.5, 0.6) is 0 Å². The van der Waals surface area contributed by atoms with E-state index in [2.05, 4.69) is 127 Å². The molecule has 234 valence electrons. The molecule has 0 atom stereocenters. The van der Waals surface area contributed by atoms with E-state index in [9.17, 15) is 0 Å². The third-order valence-corrected chi connectivity index (χ3v) is 10.6. The van der Waals surface area contributed by atoms with Gasteiger partial charge in [0.05, 0.1) is 0 Å². The zero-order valence-corrected chi connectivity index (χ0v) is 27.6. The van der Waals surface area contributed by atoms with Crippen molar-refractivity contribution in [1.29, 1.82) is 0 Å². The van der Waals surface area contributed by atoms with Crippen LogP contribution >= 0.6 is 11.3 Å². The Kier molecular flexibility index (Phi) is 6.64. The first kappa shape index (κ1) is 28.6. The summed E-state index contributed by atoms with van der Waals surface area (Å²) < 4.78 is 8.83. The molecule has 0 bridgehead atoms. The number of fused-ring (bicyclic) bond motifs is 6. The van der Waals surface area contributed by atoms with Crippen molar-refractivity contribution in [2.45, 2.75) is 0 Å². The van der Waals surface area contributed by atoms with Crippen molar-refractivity contribution in [1.82, 2.24) is 15.0 Å². The van der Waals surface area contributed by atoms with Gasteiger partial charge in [0.25, 0.3) is 0 Å². The molecule has 0 N–H and O–H groups in total. The van der Waals surface area contributed by atoms with Crippen LogP contribution in [0.25, 0.3) is 98.5 Å². The van der Waals surface area contributed by atoms with Crippen molar-refractivity contribution in [2.24, 2.45) is 0 Å². The van der Waals surface area contributed by atoms with Crippen molar-refractivity contribution >= 4 is 53.4 Å². The number of aromatic nitrogens is 3. The summed E-state index contributed by atoms with van der Waals surface area (Å²) in [4.78, 5) is 15.3. The molecule has 3 heterocycles. The zero-order valence-electron chi connectivity index (χ0n) is 26.7. The molecule has 10 aromatic rings. The Balaban J connectivity index is 1.12. The van der Waals surface area contributed by atoms with Gasteiger partial charge in [-0.3, -0.25) is 0 Å². The van der Waals surface area contributed by atoms with Gasteiger partial charge in [-0.15, -0.1) is 11.3 Å². The van der Waals surface area contributed by atoms with Crippen LogP contribution in [0.4, 0.5) is 0 Å². The molecule has 0 aliphatic carbocycles. The monoisotopic (exact) mass is 657 g/mol. The number of hydrogen-bond donors (Lipinski definition) is 0. The molecule has 0 radical (unpaired) electrons. The Labute approximate surface area is 292 Å². The Bertz CT molecular complexity index is 2850. The zero-order chi connectivity index (χ0) is 33.0. The van der Waals surface area contributed by atoms with Gasteiger partial charge in [0.15, 0.2) is 17.5 Å². The number of thiophene rings is 1. The van der Waals surface area contributed by atoms with Crippen molar-refractivity contribution < 1.29 is 4.42 Å². The first-order valence-electron chi connectivity index (χ1n) is 16.6. The number of benzene rings is 7. The lowest BCUT2D eigenvalue weighted by atomic mass is 10.0. The summed E-state index contributed by atoms with van der Waals surface area (Å²) in [6.45, 7) is 0. The smallest absolute Gasteiger partial charge is 0.164 e. The Morgan fingerprint density at radius 2 is 0.900 bits per heavy atom. The van der Waals surface area contributed by atoms with E-state index in [4.69, 9.17) is 19.4 Å². The summed E-state index contributed by atoms with van der Waals surface area (Å²) in [5.41, 5.74) is 9.09. The van der Waals surface area contributed by atoms with Crippen LogP contribution in [0.15, 0.2) is 168 Å². The van der Waals surface area contributed by atoms with Crippen LogP contribution in [0.1, 0.15) is 0 Å². The van der Waals surface area contributed by atoms with Gasteiger partial charge in [0, 0.05) is 47.6 Å². The molecule has 0 amide bonds. The fourth-order valence-electron chi connectivity index (χ4n) is 6.93. The SMILES string of the molecule is c1ccc(-c2ccc(-c3nc(-c4ccc(-c5cccc6c5sc5ccccc56)cc4)nc(-c4cccc5oc6ccccc6c45)n3)cc2)cc1. The summed E-state index contributed by atoms with van der Waals surface area (Å²) in [6, 6.07) is 56.8. The molecule has 0 spiro atoms. The fraction of sp³-hybridized carbons (Fsp3) is 0. The van der Waals surface area contributed by atoms with Gasteiger partial charge < -0.3 is 4.42 Å². The molecule has 3 aromatic heterocycles. The van der Waals surface area contributed by atoms with E-state index < -0.39 is 0 Å². The highest BCUT2D eigenvalue weighted by Crippen LogP contribution is 2.41. The minimum absolute atomic E-state index is 0.605. The van der Waals surface area contributed by atoms with Gasteiger partial charge in [-0.2, -0.15) is 0 Å². The second-order valence-electron chi connectivity index (χ2n) is 12.4. The number of furan rings is 1. The maximum Gasteiger partial charge on any atom is 0.164 e. The minimum atomic E-state index is 0.605. The normalized spacial score (nSPS) is 11.6. The van der Waals surface area contributed by atoms with E-state index in [-0.39, 0.29) is 0 Å². The van der Waals surface area contributed by atoms with E-state index in [0.717, 1.165) is 49.8 Å². The number of para-hydroxylation sites is 1. The van der Waals surface area contributed by atoms with Crippen molar-refractivity contribution in [2.75, 3.05) is 0 Å². The first-order valence-corrected chi connectivity index (χ1v) is 17.4. The van der Waals surface area contributed by atoms with E-state index >= 15 is 0 Å². The van der Waals surface area contributed by atoms with Gasteiger partial charge in [-0.25, -0.2) is 15.0 Å². The van der Waals surface area contributed by atoms with Gasteiger partial charge >= 0.3 is 0 Å². The average Bonchev–Trinajstić information content (AvgIpc) is 3.77. The average molecular weight is 658 g/mol. The molecule has 0 saturated carbocycles. The molecule has 0 saturated heterocycles. The van der Waals surface area contributed by atoms with Crippen LogP contribution in [0, 0.1) is 0 Å². The van der Waals surface area contributed by atoms with Crippen LogP contribution in [0.3, 0.4) is 0 Å². The number of nitrogens with zero attached hydrogens (tertiary/aromatic N) is 3. The van der Waals surface area contributed by atoms with E-state index in [1.165, 1.54) is 31.3 Å². The van der Waals surface area contributed by atoms with Gasteiger partial charge in [-0.05, 0) is 40.5 Å². The summed E-state index contributed by atoms with van der Waals surface area (Å²) in [5.74, 6) is 1.84. The molecule has 10 rings (SSSR count). The van der Waals surface area contributed by atoms with Crippen LogP contribution in [-0.2, 0) is 0 Å². The van der Waals surface area contributed by atoms with Crippen molar-refractivity contribution in [3.63, 3.8) is 0 Å². The predicted octanol–water partition coefficient (Wildman–Crippen LogP) is 12.5. The molecule has 50 heavy (non-hydrogen) atoms. The Morgan fingerprint density at radius 3 is 1.68 bits per heavy atom. The lowest BCUT2D eigenvalue weighted by molar-refractivity contribution is 0.669. The quantitative estimate of drug-likeness (QED) is 0.185. The third-order valence-electron chi connectivity index (χ3n) is 9.39. The van der Waals surface area contributed by atoms with E-state index in [0.29, 0.717) is 17.5 Å². The van der Waals surface area contributed by atoms with E-state index in [1.54, 1.807) is 0 Å². The number of rotatable bonds is 5. The first-order chi connectivity index (χ1) is 24.8. The molecule has 0 aliphatic heterocycles. The summed E-state index contributed by atoms with van der Waals surface area (Å²) >= 11 is 1.84. The third kappa shape index (κ3) is 4.79. The highest BCUT2D eigenvalue weighted by molar-refractivity contribution is 7.26. The van der Waals surface area contributed by atoms with Gasteiger partial charge in [0.1, 0.15) is 11.2 Å². The number of hydrogen-bond acceptors (Lipinski definition) is 5. The molecule has 7 aromatic carbocycles. The molecular weight excluding hydrogens is 631 g/mol. The molecule has 0 aliphatic rings. The lowest BCUT2D eigenvalue weighted by Crippen LogP contribution is -2.00.